The highest BCUT2D eigenvalue weighted by Gasteiger charge is 1.80. The molecule has 0 fully saturated rings. The third kappa shape index (κ3) is 3.33. The Bertz CT molecular complexity index is 107. The molecule has 8 heavy (non-hydrogen) atoms. The maximum Gasteiger partial charge on any atom is 0.216 e. The molecular formula is C5H10N2O. The molecule has 0 heterocycles. The van der Waals surface area contributed by atoms with Gasteiger partial charge < -0.3 is 4.84 Å². The molecule has 0 saturated heterocycles. The molecule has 0 unspecified atom stereocenters. The summed E-state index contributed by atoms with van der Waals surface area (Å²) in [6.07, 6.45) is 1.56. The van der Waals surface area contributed by atoms with Crippen LogP contribution in [0.4, 0.5) is 0 Å². The van der Waals surface area contributed by atoms with Gasteiger partial charge in [0.25, 0.3) is 0 Å². The van der Waals surface area contributed by atoms with Gasteiger partial charge in [0, 0.05) is 20.2 Å². The van der Waals surface area contributed by atoms with Crippen molar-refractivity contribution >= 4 is 12.1 Å². The summed E-state index contributed by atoms with van der Waals surface area (Å²) in [7, 11) is 1.65. The summed E-state index contributed by atoms with van der Waals surface area (Å²) in [4.78, 5) is 8.37. The van der Waals surface area contributed by atoms with E-state index in [1.807, 2.05) is 0 Å². The highest BCUT2D eigenvalue weighted by Crippen LogP contribution is 1.77. The van der Waals surface area contributed by atoms with Gasteiger partial charge in [-0.3, -0.25) is 4.99 Å². The molecule has 0 atom stereocenters. The van der Waals surface area contributed by atoms with Crippen LogP contribution in [0.5, 0.6) is 0 Å². The Morgan fingerprint density at radius 3 is 2.62 bits per heavy atom. The van der Waals surface area contributed by atoms with Gasteiger partial charge in [0.2, 0.25) is 5.90 Å². The number of aliphatic imine (C=N–C) groups is 1. The fourth-order valence-corrected chi connectivity index (χ4v) is 0.170. The van der Waals surface area contributed by atoms with Crippen LogP contribution < -0.4 is 0 Å². The van der Waals surface area contributed by atoms with Crippen LogP contribution in [0.3, 0.4) is 0 Å². The molecule has 0 aromatic rings. The SMILES string of the molecule is C/C=N/O/C(C)=N\C. The first kappa shape index (κ1) is 7.14. The van der Waals surface area contributed by atoms with Crippen molar-refractivity contribution in [2.75, 3.05) is 7.05 Å². The number of rotatable bonds is 1. The van der Waals surface area contributed by atoms with E-state index in [2.05, 4.69) is 15.0 Å². The topological polar surface area (TPSA) is 34.0 Å². The molecule has 0 spiro atoms. The Kier molecular flexibility index (Phi) is 3.84. The van der Waals surface area contributed by atoms with E-state index in [9.17, 15) is 0 Å². The lowest BCUT2D eigenvalue weighted by molar-refractivity contribution is 0.327. The molecule has 3 nitrogen and oxygen atoms in total. The zero-order valence-electron chi connectivity index (χ0n) is 5.38. The fraction of sp³-hybridized carbons (Fsp3) is 0.600. The third-order valence-electron chi connectivity index (χ3n) is 0.605. The van der Waals surface area contributed by atoms with Crippen LogP contribution >= 0.6 is 0 Å². The first-order chi connectivity index (χ1) is 3.81. The van der Waals surface area contributed by atoms with Gasteiger partial charge in [-0.2, -0.15) is 0 Å². The van der Waals surface area contributed by atoms with Crippen LogP contribution in [0.1, 0.15) is 13.8 Å². The molecule has 0 bridgehead atoms. The minimum Gasteiger partial charge on any atom is -0.342 e. The summed E-state index contributed by atoms with van der Waals surface area (Å²) >= 11 is 0. The normalized spacial score (nSPS) is 12.6. The maximum atomic E-state index is 4.66. The minimum absolute atomic E-state index is 0.572. The largest absolute Gasteiger partial charge is 0.342 e. The zero-order valence-corrected chi connectivity index (χ0v) is 5.38. The van der Waals surface area contributed by atoms with Crippen molar-refractivity contribution in [1.82, 2.24) is 0 Å². The molecule has 0 rings (SSSR count). The van der Waals surface area contributed by atoms with Gasteiger partial charge in [0.1, 0.15) is 0 Å². The van der Waals surface area contributed by atoms with E-state index < -0.39 is 0 Å². The Hall–Kier alpha value is -0.860. The zero-order chi connectivity index (χ0) is 6.41. The molecule has 46 valence electrons. The Morgan fingerprint density at radius 2 is 2.25 bits per heavy atom. The number of oxime groups is 1. The van der Waals surface area contributed by atoms with Crippen molar-refractivity contribution in [3.8, 4) is 0 Å². The number of hydrogen-bond donors (Lipinski definition) is 0. The van der Waals surface area contributed by atoms with Crippen molar-refractivity contribution in [1.29, 1.82) is 0 Å². The molecule has 0 N–H and O–H groups in total. The molecular weight excluding hydrogens is 104 g/mol. The van der Waals surface area contributed by atoms with Gasteiger partial charge in [-0.25, -0.2) is 0 Å². The summed E-state index contributed by atoms with van der Waals surface area (Å²) in [5, 5.41) is 3.49. The van der Waals surface area contributed by atoms with Crippen molar-refractivity contribution in [2.45, 2.75) is 13.8 Å². The van der Waals surface area contributed by atoms with Gasteiger partial charge in [0.05, 0.1) is 0 Å². The summed E-state index contributed by atoms with van der Waals surface area (Å²) in [6.45, 7) is 3.52. The van der Waals surface area contributed by atoms with E-state index >= 15 is 0 Å². The third-order valence-corrected chi connectivity index (χ3v) is 0.605. The monoisotopic (exact) mass is 114 g/mol. The van der Waals surface area contributed by atoms with Gasteiger partial charge in [0.15, 0.2) is 0 Å². The highest BCUT2D eigenvalue weighted by atomic mass is 16.6. The van der Waals surface area contributed by atoms with E-state index in [1.165, 1.54) is 0 Å². The average Bonchev–Trinajstić information content (AvgIpc) is 1.83. The van der Waals surface area contributed by atoms with Crippen molar-refractivity contribution in [2.24, 2.45) is 10.1 Å². The maximum absolute atomic E-state index is 4.66. The molecule has 3 heteroatoms. The van der Waals surface area contributed by atoms with Crippen LogP contribution in [0.2, 0.25) is 0 Å². The van der Waals surface area contributed by atoms with E-state index in [-0.39, 0.29) is 0 Å². The second kappa shape index (κ2) is 4.30. The standard InChI is InChI=1S/C5H10N2O/c1-4-7-8-5(2)6-3/h4H,1-3H3/b6-5-,7-4+. The molecule has 0 aliphatic heterocycles. The average molecular weight is 114 g/mol. The number of nitrogens with zero attached hydrogens (tertiary/aromatic N) is 2. The van der Waals surface area contributed by atoms with Gasteiger partial charge in [-0.1, -0.05) is 5.16 Å². The van der Waals surface area contributed by atoms with Crippen LogP contribution in [0, 0.1) is 0 Å². The van der Waals surface area contributed by atoms with Crippen molar-refractivity contribution in [3.05, 3.63) is 0 Å². The van der Waals surface area contributed by atoms with Crippen LogP contribution in [0.25, 0.3) is 0 Å². The highest BCUT2D eigenvalue weighted by molar-refractivity contribution is 5.73. The Balaban J connectivity index is 3.40. The molecule has 0 saturated carbocycles. The predicted molar refractivity (Wildman–Crippen MR) is 34.3 cm³/mol. The first-order valence-electron chi connectivity index (χ1n) is 2.39. The van der Waals surface area contributed by atoms with Crippen molar-refractivity contribution in [3.63, 3.8) is 0 Å². The second-order valence-corrected chi connectivity index (χ2v) is 1.20. The smallest absolute Gasteiger partial charge is 0.216 e. The molecule has 0 radical (unpaired) electrons. The van der Waals surface area contributed by atoms with E-state index in [4.69, 9.17) is 0 Å². The molecule has 0 aromatic heterocycles. The molecule has 0 aliphatic carbocycles. The number of hydrogen-bond acceptors (Lipinski definition) is 3. The van der Waals surface area contributed by atoms with Crippen molar-refractivity contribution < 1.29 is 4.84 Å². The van der Waals surface area contributed by atoms with Crippen LogP contribution in [-0.4, -0.2) is 19.2 Å². The summed E-state index contributed by atoms with van der Waals surface area (Å²) in [5.41, 5.74) is 0. The lowest BCUT2D eigenvalue weighted by Crippen LogP contribution is -1.91. The quantitative estimate of drug-likeness (QED) is 0.285. The minimum atomic E-state index is 0.572. The predicted octanol–water partition coefficient (Wildman–Crippen LogP) is 1.06. The second-order valence-electron chi connectivity index (χ2n) is 1.20. The van der Waals surface area contributed by atoms with Crippen LogP contribution in [-0.2, 0) is 4.84 Å². The summed E-state index contributed by atoms with van der Waals surface area (Å²) < 4.78 is 0. The fourth-order valence-electron chi connectivity index (χ4n) is 0.170. The first-order valence-corrected chi connectivity index (χ1v) is 2.39. The summed E-state index contributed by atoms with van der Waals surface area (Å²) in [5.74, 6) is 0.572. The van der Waals surface area contributed by atoms with E-state index in [0.29, 0.717) is 5.90 Å². The van der Waals surface area contributed by atoms with E-state index in [1.54, 1.807) is 27.1 Å². The Labute approximate surface area is 49.1 Å². The molecule has 0 aliphatic rings. The van der Waals surface area contributed by atoms with E-state index in [0.717, 1.165) is 0 Å². The van der Waals surface area contributed by atoms with Crippen LogP contribution in [0.15, 0.2) is 10.1 Å². The van der Waals surface area contributed by atoms with Gasteiger partial charge in [-0.15, -0.1) is 0 Å². The lowest BCUT2D eigenvalue weighted by Gasteiger charge is -1.90. The summed E-state index contributed by atoms with van der Waals surface area (Å²) in [6, 6.07) is 0. The van der Waals surface area contributed by atoms with Gasteiger partial charge in [-0.05, 0) is 6.92 Å². The Morgan fingerprint density at radius 1 is 1.62 bits per heavy atom. The lowest BCUT2D eigenvalue weighted by atomic mass is 10.8. The van der Waals surface area contributed by atoms with Gasteiger partial charge >= 0.3 is 0 Å². The molecule has 0 amide bonds. The molecule has 0 aromatic carbocycles.